The van der Waals surface area contributed by atoms with Gasteiger partial charge in [-0.25, -0.2) is 4.79 Å². The molecular weight excluding hydrogens is 264 g/mol. The van der Waals surface area contributed by atoms with Gasteiger partial charge in [-0.1, -0.05) is 0 Å². The third kappa shape index (κ3) is 4.96. The molecule has 1 unspecified atom stereocenters. The monoisotopic (exact) mass is 278 g/mol. The molecule has 0 radical (unpaired) electrons. The second kappa shape index (κ2) is 7.76. The van der Waals surface area contributed by atoms with Crippen molar-refractivity contribution in [1.29, 1.82) is 5.26 Å². The van der Waals surface area contributed by atoms with E-state index in [-0.39, 0.29) is 19.6 Å². The van der Waals surface area contributed by atoms with E-state index < -0.39 is 17.9 Å². The van der Waals surface area contributed by atoms with Crippen LogP contribution in [0.15, 0.2) is 24.3 Å². The van der Waals surface area contributed by atoms with Crippen molar-refractivity contribution in [1.82, 2.24) is 5.32 Å². The van der Waals surface area contributed by atoms with Crippen molar-refractivity contribution in [2.45, 2.75) is 12.5 Å². The first-order chi connectivity index (χ1) is 9.56. The maximum absolute atomic E-state index is 11.5. The van der Waals surface area contributed by atoms with Crippen molar-refractivity contribution in [2.75, 3.05) is 13.2 Å². The van der Waals surface area contributed by atoms with Crippen LogP contribution in [0.25, 0.3) is 0 Å². The van der Waals surface area contributed by atoms with Gasteiger partial charge in [0.25, 0.3) is 5.91 Å². The molecule has 0 saturated heterocycles. The number of nitriles is 1. The van der Waals surface area contributed by atoms with Crippen LogP contribution in [0.4, 0.5) is 0 Å². The lowest BCUT2D eigenvalue weighted by Crippen LogP contribution is -2.43. The van der Waals surface area contributed by atoms with E-state index in [0.717, 1.165) is 0 Å². The van der Waals surface area contributed by atoms with Gasteiger partial charge in [0.05, 0.1) is 11.6 Å². The van der Waals surface area contributed by atoms with Crippen LogP contribution in [0.5, 0.6) is 5.75 Å². The Bertz CT molecular complexity index is 506. The lowest BCUT2D eigenvalue weighted by Gasteiger charge is -2.13. The molecule has 0 aromatic heterocycles. The summed E-state index contributed by atoms with van der Waals surface area (Å²) in [4.78, 5) is 22.3. The summed E-state index contributed by atoms with van der Waals surface area (Å²) in [5.74, 6) is -1.42. The number of amides is 1. The Balaban J connectivity index is 2.46. The average molecular weight is 278 g/mol. The predicted octanol–water partition coefficient (Wildman–Crippen LogP) is -0.111. The molecule has 0 aliphatic heterocycles. The maximum Gasteiger partial charge on any atom is 0.326 e. The Hall–Kier alpha value is -2.59. The van der Waals surface area contributed by atoms with Gasteiger partial charge >= 0.3 is 5.97 Å². The quantitative estimate of drug-likeness (QED) is 0.640. The molecular formula is C13H14N2O5. The minimum atomic E-state index is -1.22. The molecule has 0 saturated carbocycles. The highest BCUT2D eigenvalue weighted by Crippen LogP contribution is 2.11. The number of rotatable bonds is 7. The zero-order chi connectivity index (χ0) is 15.0. The van der Waals surface area contributed by atoms with Crippen LogP contribution in [0.3, 0.4) is 0 Å². The average Bonchev–Trinajstić information content (AvgIpc) is 2.45. The van der Waals surface area contributed by atoms with Gasteiger partial charge in [-0.05, 0) is 24.3 Å². The Morgan fingerprint density at radius 3 is 2.50 bits per heavy atom. The number of nitrogens with zero attached hydrogens (tertiary/aromatic N) is 1. The number of hydrogen-bond acceptors (Lipinski definition) is 5. The van der Waals surface area contributed by atoms with E-state index in [4.69, 9.17) is 20.2 Å². The van der Waals surface area contributed by atoms with E-state index in [1.54, 1.807) is 12.1 Å². The summed E-state index contributed by atoms with van der Waals surface area (Å²) in [6.07, 6.45) is -0.0715. The van der Waals surface area contributed by atoms with Gasteiger partial charge in [0.2, 0.25) is 0 Å². The molecule has 20 heavy (non-hydrogen) atoms. The Kier molecular flexibility index (Phi) is 6.00. The number of carbonyl (C=O) groups is 2. The molecule has 0 heterocycles. The van der Waals surface area contributed by atoms with E-state index in [1.807, 2.05) is 6.07 Å². The highest BCUT2D eigenvalue weighted by Gasteiger charge is 2.19. The van der Waals surface area contributed by atoms with Crippen LogP contribution in [0.1, 0.15) is 12.0 Å². The summed E-state index contributed by atoms with van der Waals surface area (Å²) >= 11 is 0. The normalized spacial score (nSPS) is 11.2. The summed E-state index contributed by atoms with van der Waals surface area (Å²) in [6.45, 7) is -0.686. The number of aliphatic carboxylic acids is 1. The number of ether oxygens (including phenoxy) is 1. The van der Waals surface area contributed by atoms with E-state index in [0.29, 0.717) is 11.3 Å². The Morgan fingerprint density at radius 2 is 2.00 bits per heavy atom. The van der Waals surface area contributed by atoms with Crippen LogP contribution in [-0.2, 0) is 9.59 Å². The molecule has 1 aromatic carbocycles. The molecule has 1 rings (SSSR count). The van der Waals surface area contributed by atoms with Gasteiger partial charge in [-0.3, -0.25) is 4.79 Å². The van der Waals surface area contributed by atoms with E-state index in [2.05, 4.69) is 5.32 Å². The number of hydrogen-bond donors (Lipinski definition) is 3. The van der Waals surface area contributed by atoms with Crippen LogP contribution in [-0.4, -0.2) is 41.3 Å². The van der Waals surface area contributed by atoms with Gasteiger partial charge < -0.3 is 20.3 Å². The standard InChI is InChI=1S/C13H14N2O5/c14-7-9-1-3-10(4-2-9)20-8-12(17)15-11(5-6-16)13(18)19/h1-4,11,16H,5-6,8H2,(H,15,17)(H,18,19). The molecule has 0 spiro atoms. The highest BCUT2D eigenvalue weighted by molar-refractivity contribution is 5.84. The van der Waals surface area contributed by atoms with Crippen LogP contribution < -0.4 is 10.1 Å². The first kappa shape index (κ1) is 15.5. The molecule has 1 amide bonds. The topological polar surface area (TPSA) is 120 Å². The molecule has 0 fully saturated rings. The number of aliphatic hydroxyl groups is 1. The molecule has 0 aliphatic rings. The maximum atomic E-state index is 11.5. The number of nitrogens with one attached hydrogen (secondary N) is 1. The fourth-order valence-electron chi connectivity index (χ4n) is 1.40. The lowest BCUT2D eigenvalue weighted by atomic mass is 10.2. The third-order valence-corrected chi connectivity index (χ3v) is 2.40. The van der Waals surface area contributed by atoms with Crippen LogP contribution in [0.2, 0.25) is 0 Å². The van der Waals surface area contributed by atoms with E-state index in [1.165, 1.54) is 12.1 Å². The van der Waals surface area contributed by atoms with Gasteiger partial charge in [-0.2, -0.15) is 5.26 Å². The van der Waals surface area contributed by atoms with Crippen molar-refractivity contribution < 1.29 is 24.5 Å². The molecule has 1 atom stereocenters. The predicted molar refractivity (Wildman–Crippen MR) is 67.9 cm³/mol. The molecule has 106 valence electrons. The lowest BCUT2D eigenvalue weighted by molar-refractivity contribution is -0.142. The summed E-state index contributed by atoms with van der Waals surface area (Å²) in [5.41, 5.74) is 0.468. The SMILES string of the molecule is N#Cc1ccc(OCC(=O)NC(CCO)C(=O)O)cc1. The second-order valence-corrected chi connectivity index (χ2v) is 3.90. The first-order valence-electron chi connectivity index (χ1n) is 5.83. The summed E-state index contributed by atoms with van der Waals surface area (Å²) in [7, 11) is 0. The smallest absolute Gasteiger partial charge is 0.326 e. The number of carboxylic acid groups (broad SMARTS) is 1. The number of benzene rings is 1. The fourth-order valence-corrected chi connectivity index (χ4v) is 1.40. The molecule has 0 aliphatic carbocycles. The summed E-state index contributed by atoms with van der Waals surface area (Å²) in [5, 5.41) is 28.3. The Labute approximate surface area is 115 Å². The third-order valence-electron chi connectivity index (χ3n) is 2.40. The minimum absolute atomic E-state index is 0.0715. The van der Waals surface area contributed by atoms with Crippen molar-refractivity contribution >= 4 is 11.9 Å². The van der Waals surface area contributed by atoms with E-state index >= 15 is 0 Å². The van der Waals surface area contributed by atoms with E-state index in [9.17, 15) is 9.59 Å². The number of aliphatic hydroxyl groups excluding tert-OH is 1. The van der Waals surface area contributed by atoms with Crippen molar-refractivity contribution in [3.63, 3.8) is 0 Å². The van der Waals surface area contributed by atoms with Gasteiger partial charge in [0, 0.05) is 13.0 Å². The zero-order valence-corrected chi connectivity index (χ0v) is 10.6. The largest absolute Gasteiger partial charge is 0.484 e. The van der Waals surface area contributed by atoms with Crippen LogP contribution in [0, 0.1) is 11.3 Å². The second-order valence-electron chi connectivity index (χ2n) is 3.90. The van der Waals surface area contributed by atoms with Crippen molar-refractivity contribution in [3.05, 3.63) is 29.8 Å². The van der Waals surface area contributed by atoms with Gasteiger partial charge in [0.1, 0.15) is 11.8 Å². The Morgan fingerprint density at radius 1 is 1.35 bits per heavy atom. The number of carboxylic acids is 1. The molecule has 7 heteroatoms. The zero-order valence-electron chi connectivity index (χ0n) is 10.6. The molecule has 1 aromatic rings. The van der Waals surface area contributed by atoms with Gasteiger partial charge in [0.15, 0.2) is 6.61 Å². The molecule has 0 bridgehead atoms. The highest BCUT2D eigenvalue weighted by atomic mass is 16.5. The van der Waals surface area contributed by atoms with Gasteiger partial charge in [-0.15, -0.1) is 0 Å². The van der Waals surface area contributed by atoms with Crippen molar-refractivity contribution in [2.24, 2.45) is 0 Å². The number of carbonyl (C=O) groups excluding carboxylic acids is 1. The summed E-state index contributed by atoms with van der Waals surface area (Å²) in [6, 6.07) is 6.96. The molecule has 3 N–H and O–H groups in total. The van der Waals surface area contributed by atoms with Crippen molar-refractivity contribution in [3.8, 4) is 11.8 Å². The van der Waals surface area contributed by atoms with Crippen LogP contribution >= 0.6 is 0 Å². The fraction of sp³-hybridized carbons (Fsp3) is 0.308. The minimum Gasteiger partial charge on any atom is -0.484 e. The summed E-state index contributed by atoms with van der Waals surface area (Å²) < 4.78 is 5.15. The first-order valence-corrected chi connectivity index (χ1v) is 5.83. The molecule has 7 nitrogen and oxygen atoms in total.